The van der Waals surface area contributed by atoms with E-state index < -0.39 is 35.3 Å². The van der Waals surface area contributed by atoms with Crippen LogP contribution in [0.1, 0.15) is 17.9 Å². The van der Waals surface area contributed by atoms with Crippen LogP contribution in [0.4, 0.5) is 8.78 Å². The van der Waals surface area contributed by atoms with Crippen LogP contribution in [0.2, 0.25) is 0 Å². The molecule has 5 nitrogen and oxygen atoms in total. The van der Waals surface area contributed by atoms with Gasteiger partial charge in [0.2, 0.25) is 5.91 Å². The molecule has 0 aliphatic carbocycles. The first-order chi connectivity index (χ1) is 9.43. The van der Waals surface area contributed by atoms with Crippen molar-refractivity contribution >= 4 is 11.9 Å². The van der Waals surface area contributed by atoms with Crippen LogP contribution in [0.3, 0.4) is 0 Å². The average Bonchev–Trinajstić information content (AvgIpc) is 2.37. The monoisotopic (exact) mass is 285 g/mol. The van der Waals surface area contributed by atoms with E-state index in [1.54, 1.807) is 0 Å². The Hall–Kier alpha value is -2.18. The van der Waals surface area contributed by atoms with E-state index in [0.29, 0.717) is 0 Å². The number of piperidine rings is 1. The lowest BCUT2D eigenvalue weighted by atomic mass is 9.80. The number of carbonyl (C=O) groups excluding carboxylic acids is 1. The van der Waals surface area contributed by atoms with E-state index in [-0.39, 0.29) is 24.3 Å². The standard InChI is InChI=1S/C13H13F2NO4/c1-20-6-2-9(14)12(10(15)3-6)7-4-11(17)16-5-8(7)13(18)19/h2-3,7-8H,4-5H2,1H3,(H,16,17)(H,18,19)/t7-,8-/m1/s1. The second kappa shape index (κ2) is 5.44. The molecule has 1 heterocycles. The van der Waals surface area contributed by atoms with Gasteiger partial charge < -0.3 is 15.2 Å². The molecule has 1 aromatic rings. The number of benzene rings is 1. The zero-order valence-electron chi connectivity index (χ0n) is 10.7. The van der Waals surface area contributed by atoms with Crippen LogP contribution in [0.25, 0.3) is 0 Å². The Bertz CT molecular complexity index is 538. The summed E-state index contributed by atoms with van der Waals surface area (Å²) in [4.78, 5) is 22.6. The van der Waals surface area contributed by atoms with Crippen molar-refractivity contribution in [2.24, 2.45) is 5.92 Å². The van der Waals surface area contributed by atoms with Gasteiger partial charge in [0.15, 0.2) is 0 Å². The van der Waals surface area contributed by atoms with Gasteiger partial charge >= 0.3 is 5.97 Å². The van der Waals surface area contributed by atoms with Crippen LogP contribution in [0, 0.1) is 17.6 Å². The summed E-state index contributed by atoms with van der Waals surface area (Å²) in [6.45, 7) is -0.149. The molecule has 0 bridgehead atoms. The Morgan fingerprint density at radius 3 is 2.50 bits per heavy atom. The lowest BCUT2D eigenvalue weighted by molar-refractivity contribution is -0.144. The molecule has 0 saturated carbocycles. The predicted octanol–water partition coefficient (Wildman–Crippen LogP) is 1.28. The molecule has 1 aliphatic rings. The molecule has 1 aromatic carbocycles. The Kier molecular flexibility index (Phi) is 3.87. The van der Waals surface area contributed by atoms with E-state index in [1.807, 2.05) is 0 Å². The van der Waals surface area contributed by atoms with Crippen LogP contribution in [0.5, 0.6) is 5.75 Å². The smallest absolute Gasteiger partial charge is 0.308 e. The van der Waals surface area contributed by atoms with E-state index in [9.17, 15) is 18.4 Å². The van der Waals surface area contributed by atoms with Gasteiger partial charge in [0.05, 0.1) is 13.0 Å². The Balaban J connectivity index is 2.46. The molecule has 1 fully saturated rings. The number of ether oxygens (including phenoxy) is 1. The number of amides is 1. The Morgan fingerprint density at radius 1 is 1.40 bits per heavy atom. The molecule has 0 spiro atoms. The first-order valence-corrected chi connectivity index (χ1v) is 5.96. The number of aliphatic carboxylic acids is 1. The lowest BCUT2D eigenvalue weighted by Crippen LogP contribution is -2.43. The van der Waals surface area contributed by atoms with E-state index in [4.69, 9.17) is 9.84 Å². The highest BCUT2D eigenvalue weighted by molar-refractivity contribution is 5.82. The molecular weight excluding hydrogens is 272 g/mol. The maximum absolute atomic E-state index is 14.0. The SMILES string of the molecule is COc1cc(F)c([C@@H]2CC(=O)NC[C@H]2C(=O)O)c(F)c1. The first kappa shape index (κ1) is 14.2. The maximum Gasteiger partial charge on any atom is 0.308 e. The third kappa shape index (κ3) is 2.56. The van der Waals surface area contributed by atoms with Crippen LogP contribution in [0.15, 0.2) is 12.1 Å². The molecule has 0 unspecified atom stereocenters. The van der Waals surface area contributed by atoms with Crippen LogP contribution in [-0.4, -0.2) is 30.6 Å². The highest BCUT2D eigenvalue weighted by atomic mass is 19.1. The molecule has 1 aliphatic heterocycles. The van der Waals surface area contributed by atoms with Gasteiger partial charge in [0, 0.05) is 36.6 Å². The zero-order chi connectivity index (χ0) is 14.9. The Morgan fingerprint density at radius 2 is 2.00 bits per heavy atom. The summed E-state index contributed by atoms with van der Waals surface area (Å²) in [6.07, 6.45) is -0.267. The molecule has 7 heteroatoms. The minimum atomic E-state index is -1.20. The average molecular weight is 285 g/mol. The second-order valence-corrected chi connectivity index (χ2v) is 4.56. The van der Waals surface area contributed by atoms with Crippen molar-refractivity contribution < 1.29 is 28.2 Å². The number of carboxylic acid groups (broad SMARTS) is 1. The number of halogens is 2. The fourth-order valence-electron chi connectivity index (χ4n) is 2.38. The van der Waals surface area contributed by atoms with Gasteiger partial charge in [-0.2, -0.15) is 0 Å². The van der Waals surface area contributed by atoms with Crippen molar-refractivity contribution in [3.8, 4) is 5.75 Å². The van der Waals surface area contributed by atoms with Crippen LogP contribution in [-0.2, 0) is 9.59 Å². The molecule has 20 heavy (non-hydrogen) atoms. The molecule has 2 rings (SSSR count). The Labute approximate surface area is 113 Å². The number of carbonyl (C=O) groups is 2. The van der Waals surface area contributed by atoms with Gasteiger partial charge in [0.25, 0.3) is 0 Å². The van der Waals surface area contributed by atoms with Crippen molar-refractivity contribution in [1.29, 1.82) is 0 Å². The van der Waals surface area contributed by atoms with Crippen LogP contribution < -0.4 is 10.1 Å². The summed E-state index contributed by atoms with van der Waals surface area (Å²) in [5, 5.41) is 11.5. The van der Waals surface area contributed by atoms with E-state index in [1.165, 1.54) is 7.11 Å². The number of rotatable bonds is 3. The minimum absolute atomic E-state index is 0.00381. The van der Waals surface area contributed by atoms with E-state index in [2.05, 4.69) is 5.32 Å². The molecular formula is C13H13F2NO4. The van der Waals surface area contributed by atoms with Gasteiger partial charge in [0.1, 0.15) is 17.4 Å². The summed E-state index contributed by atoms with van der Waals surface area (Å²) in [6, 6.07) is 1.95. The lowest BCUT2D eigenvalue weighted by Gasteiger charge is -2.29. The summed E-state index contributed by atoms with van der Waals surface area (Å²) in [5.74, 6) is -5.56. The summed E-state index contributed by atoms with van der Waals surface area (Å²) < 4.78 is 32.7. The van der Waals surface area contributed by atoms with Gasteiger partial charge in [-0.05, 0) is 0 Å². The summed E-state index contributed by atoms with van der Waals surface area (Å²) in [5.41, 5.74) is -0.381. The zero-order valence-corrected chi connectivity index (χ0v) is 10.7. The summed E-state index contributed by atoms with van der Waals surface area (Å²) in [7, 11) is 1.27. The minimum Gasteiger partial charge on any atom is -0.497 e. The van der Waals surface area contributed by atoms with Crippen LogP contribution >= 0.6 is 0 Å². The quantitative estimate of drug-likeness (QED) is 0.877. The second-order valence-electron chi connectivity index (χ2n) is 4.56. The molecule has 1 amide bonds. The predicted molar refractivity (Wildman–Crippen MR) is 64.4 cm³/mol. The molecule has 2 N–H and O–H groups in total. The van der Waals surface area contributed by atoms with Crippen molar-refractivity contribution in [1.82, 2.24) is 5.32 Å². The van der Waals surface area contributed by atoms with Gasteiger partial charge in [-0.3, -0.25) is 9.59 Å². The molecule has 108 valence electrons. The van der Waals surface area contributed by atoms with E-state index in [0.717, 1.165) is 12.1 Å². The largest absolute Gasteiger partial charge is 0.497 e. The third-order valence-electron chi connectivity index (χ3n) is 3.39. The van der Waals surface area contributed by atoms with Gasteiger partial charge in [-0.25, -0.2) is 8.78 Å². The third-order valence-corrected chi connectivity index (χ3v) is 3.39. The van der Waals surface area contributed by atoms with Crippen molar-refractivity contribution in [3.63, 3.8) is 0 Å². The van der Waals surface area contributed by atoms with Crippen molar-refractivity contribution in [2.45, 2.75) is 12.3 Å². The van der Waals surface area contributed by atoms with Gasteiger partial charge in [-0.15, -0.1) is 0 Å². The highest BCUT2D eigenvalue weighted by Crippen LogP contribution is 2.36. The number of carboxylic acids is 1. The number of nitrogens with one attached hydrogen (secondary N) is 1. The molecule has 0 radical (unpaired) electrons. The van der Waals surface area contributed by atoms with Gasteiger partial charge in [-0.1, -0.05) is 0 Å². The fourth-order valence-corrected chi connectivity index (χ4v) is 2.38. The first-order valence-electron chi connectivity index (χ1n) is 5.96. The topological polar surface area (TPSA) is 75.6 Å². The maximum atomic E-state index is 14.0. The normalized spacial score (nSPS) is 22.2. The van der Waals surface area contributed by atoms with Crippen molar-refractivity contribution in [3.05, 3.63) is 29.3 Å². The van der Waals surface area contributed by atoms with E-state index >= 15 is 0 Å². The number of hydrogen-bond acceptors (Lipinski definition) is 3. The fraction of sp³-hybridized carbons (Fsp3) is 0.385. The number of methoxy groups -OCH3 is 1. The van der Waals surface area contributed by atoms with Crippen molar-refractivity contribution in [2.75, 3.05) is 13.7 Å². The summed E-state index contributed by atoms with van der Waals surface area (Å²) >= 11 is 0. The number of hydrogen-bond donors (Lipinski definition) is 2. The molecule has 1 saturated heterocycles. The highest BCUT2D eigenvalue weighted by Gasteiger charge is 2.38. The molecule has 0 aromatic heterocycles. The molecule has 2 atom stereocenters.